The van der Waals surface area contributed by atoms with E-state index in [4.69, 9.17) is 5.11 Å². The molecule has 128 valence electrons. The molecule has 1 aromatic heterocycles. The number of carboxylic acids is 1. The van der Waals surface area contributed by atoms with E-state index in [2.05, 4.69) is 17.1 Å². The lowest BCUT2D eigenvalue weighted by molar-refractivity contribution is 0.0690. The minimum atomic E-state index is -1.08. The summed E-state index contributed by atoms with van der Waals surface area (Å²) in [6, 6.07) is 7.37. The average Bonchev–Trinajstić information content (AvgIpc) is 2.62. The number of pyridine rings is 1. The van der Waals surface area contributed by atoms with Crippen molar-refractivity contribution < 1.29 is 14.7 Å². The number of hydrogen-bond donors (Lipinski definition) is 1. The van der Waals surface area contributed by atoms with Gasteiger partial charge < -0.3 is 5.11 Å². The first-order valence-corrected chi connectivity index (χ1v) is 8.99. The quantitative estimate of drug-likeness (QED) is 0.859. The molecule has 0 saturated carbocycles. The van der Waals surface area contributed by atoms with Crippen LogP contribution < -0.4 is 0 Å². The standard InChI is InChI=1S/C21H21NO3/c23-19(17-7-8-18(21(24)25)22-12-17)11-13-9-15-5-1-3-14-4-2-6-16(10-13)20(14)15/h7-10,12,14H,1-6,11H2,(H,24,25). The van der Waals surface area contributed by atoms with Crippen molar-refractivity contribution in [3.05, 3.63) is 64.0 Å². The van der Waals surface area contributed by atoms with Gasteiger partial charge in [-0.05, 0) is 78.8 Å². The molecule has 1 aromatic carbocycles. The molecule has 2 aromatic rings. The Morgan fingerprint density at radius 1 is 1.08 bits per heavy atom. The second-order valence-electron chi connectivity index (χ2n) is 7.15. The number of carbonyl (C=O) groups excluding carboxylic acids is 1. The summed E-state index contributed by atoms with van der Waals surface area (Å²) in [7, 11) is 0. The molecular weight excluding hydrogens is 314 g/mol. The van der Waals surface area contributed by atoms with E-state index in [0.29, 0.717) is 12.0 Å². The number of rotatable bonds is 4. The maximum absolute atomic E-state index is 12.6. The van der Waals surface area contributed by atoms with Gasteiger partial charge in [-0.25, -0.2) is 9.78 Å². The van der Waals surface area contributed by atoms with Crippen LogP contribution in [0.15, 0.2) is 30.5 Å². The van der Waals surface area contributed by atoms with Gasteiger partial charge >= 0.3 is 5.97 Å². The largest absolute Gasteiger partial charge is 0.477 e. The SMILES string of the molecule is O=C(Cc1cc2c3c(c1)CCCC3CCC2)c1ccc(C(=O)O)nc1. The van der Waals surface area contributed by atoms with Gasteiger partial charge in [0.2, 0.25) is 0 Å². The number of carbonyl (C=O) groups is 2. The van der Waals surface area contributed by atoms with Crippen LogP contribution in [0.3, 0.4) is 0 Å². The number of carboxylic acid groups (broad SMARTS) is 1. The van der Waals surface area contributed by atoms with Gasteiger partial charge in [-0.3, -0.25) is 4.79 Å². The monoisotopic (exact) mass is 335 g/mol. The van der Waals surface area contributed by atoms with E-state index in [1.165, 1.54) is 49.1 Å². The van der Waals surface area contributed by atoms with Crippen LogP contribution in [0, 0.1) is 0 Å². The van der Waals surface area contributed by atoms with Gasteiger partial charge in [0, 0.05) is 18.2 Å². The van der Waals surface area contributed by atoms with Crippen molar-refractivity contribution in [2.24, 2.45) is 0 Å². The second kappa shape index (κ2) is 6.43. The molecule has 1 N–H and O–H groups in total. The third-order valence-electron chi connectivity index (χ3n) is 5.49. The summed E-state index contributed by atoms with van der Waals surface area (Å²) in [6.45, 7) is 0. The minimum absolute atomic E-state index is 0.0141. The van der Waals surface area contributed by atoms with E-state index in [1.54, 1.807) is 11.6 Å². The van der Waals surface area contributed by atoms with Crippen LogP contribution in [0.25, 0.3) is 0 Å². The number of nitrogens with zero attached hydrogens (tertiary/aromatic N) is 1. The van der Waals surface area contributed by atoms with Crippen LogP contribution in [-0.4, -0.2) is 21.8 Å². The van der Waals surface area contributed by atoms with Crippen LogP contribution in [0.2, 0.25) is 0 Å². The van der Waals surface area contributed by atoms with Crippen molar-refractivity contribution in [1.82, 2.24) is 4.98 Å². The highest BCUT2D eigenvalue weighted by Crippen LogP contribution is 2.41. The topological polar surface area (TPSA) is 67.3 Å². The Bertz CT molecular complexity index is 808. The molecule has 0 atom stereocenters. The zero-order valence-corrected chi connectivity index (χ0v) is 14.1. The lowest BCUT2D eigenvalue weighted by Gasteiger charge is -2.32. The summed E-state index contributed by atoms with van der Waals surface area (Å²) in [6.07, 6.45) is 9.05. The lowest BCUT2D eigenvalue weighted by Crippen LogP contribution is -2.18. The van der Waals surface area contributed by atoms with E-state index in [0.717, 1.165) is 24.3 Å². The molecule has 0 fully saturated rings. The molecule has 0 radical (unpaired) electrons. The number of aryl methyl sites for hydroxylation is 2. The van der Waals surface area contributed by atoms with E-state index in [9.17, 15) is 9.59 Å². The van der Waals surface area contributed by atoms with Crippen LogP contribution >= 0.6 is 0 Å². The van der Waals surface area contributed by atoms with E-state index >= 15 is 0 Å². The predicted molar refractivity (Wildman–Crippen MR) is 94.3 cm³/mol. The van der Waals surface area contributed by atoms with Crippen molar-refractivity contribution in [1.29, 1.82) is 0 Å². The number of aromatic carboxylic acids is 1. The Morgan fingerprint density at radius 2 is 1.76 bits per heavy atom. The molecule has 25 heavy (non-hydrogen) atoms. The van der Waals surface area contributed by atoms with Crippen LogP contribution in [0.1, 0.15) is 74.7 Å². The van der Waals surface area contributed by atoms with Crippen LogP contribution in [0.5, 0.6) is 0 Å². The van der Waals surface area contributed by atoms with Gasteiger partial charge in [-0.15, -0.1) is 0 Å². The van der Waals surface area contributed by atoms with Gasteiger partial charge in [0.05, 0.1) is 0 Å². The maximum Gasteiger partial charge on any atom is 0.354 e. The Balaban J connectivity index is 1.58. The fraction of sp³-hybridized carbons (Fsp3) is 0.381. The van der Waals surface area contributed by atoms with Gasteiger partial charge in [-0.1, -0.05) is 12.1 Å². The van der Waals surface area contributed by atoms with E-state index in [-0.39, 0.29) is 11.5 Å². The van der Waals surface area contributed by atoms with Crippen LogP contribution in [-0.2, 0) is 19.3 Å². The number of hydrogen-bond acceptors (Lipinski definition) is 3. The van der Waals surface area contributed by atoms with Gasteiger partial charge in [0.25, 0.3) is 0 Å². The zero-order chi connectivity index (χ0) is 17.4. The van der Waals surface area contributed by atoms with Gasteiger partial charge in [-0.2, -0.15) is 0 Å². The van der Waals surface area contributed by atoms with Crippen LogP contribution in [0.4, 0.5) is 0 Å². The van der Waals surface area contributed by atoms with Crippen molar-refractivity contribution >= 4 is 11.8 Å². The summed E-state index contributed by atoms with van der Waals surface area (Å²) in [5.41, 5.74) is 5.95. The smallest absolute Gasteiger partial charge is 0.354 e. The average molecular weight is 335 g/mol. The van der Waals surface area contributed by atoms with Gasteiger partial charge in [0.1, 0.15) is 5.69 Å². The first-order chi connectivity index (χ1) is 12.1. The molecule has 1 heterocycles. The Labute approximate surface area is 146 Å². The number of aromatic nitrogens is 1. The second-order valence-corrected chi connectivity index (χ2v) is 7.15. The molecule has 4 nitrogen and oxygen atoms in total. The predicted octanol–water partition coefficient (Wildman–Crippen LogP) is 3.96. The number of benzene rings is 1. The minimum Gasteiger partial charge on any atom is -0.477 e. The first kappa shape index (κ1) is 16.0. The summed E-state index contributed by atoms with van der Waals surface area (Å²) in [5, 5.41) is 8.90. The molecule has 0 amide bonds. The van der Waals surface area contributed by atoms with Crippen molar-refractivity contribution in [3.8, 4) is 0 Å². The highest BCUT2D eigenvalue weighted by atomic mass is 16.4. The Morgan fingerprint density at radius 3 is 2.32 bits per heavy atom. The molecule has 4 heteroatoms. The Hall–Kier alpha value is -2.49. The molecule has 2 aliphatic carbocycles. The fourth-order valence-electron chi connectivity index (χ4n) is 4.37. The molecule has 0 saturated heterocycles. The summed E-state index contributed by atoms with van der Waals surface area (Å²) < 4.78 is 0. The molecule has 0 spiro atoms. The summed E-state index contributed by atoms with van der Waals surface area (Å²) >= 11 is 0. The van der Waals surface area contributed by atoms with E-state index < -0.39 is 5.97 Å². The highest BCUT2D eigenvalue weighted by Gasteiger charge is 2.27. The highest BCUT2D eigenvalue weighted by molar-refractivity contribution is 5.98. The normalized spacial score (nSPS) is 16.3. The summed E-state index contributed by atoms with van der Waals surface area (Å²) in [5.74, 6) is -0.368. The number of ketones is 1. The third kappa shape index (κ3) is 3.09. The van der Waals surface area contributed by atoms with Crippen molar-refractivity contribution in [2.75, 3.05) is 0 Å². The third-order valence-corrected chi connectivity index (χ3v) is 5.49. The fourth-order valence-corrected chi connectivity index (χ4v) is 4.37. The number of Topliss-reactive ketones (excluding diaryl/α,β-unsaturated/α-hetero) is 1. The molecule has 4 rings (SSSR count). The Kier molecular flexibility index (Phi) is 4.12. The maximum atomic E-state index is 12.6. The lowest BCUT2D eigenvalue weighted by atomic mass is 9.72. The molecular formula is C21H21NO3. The molecule has 0 unspecified atom stereocenters. The first-order valence-electron chi connectivity index (χ1n) is 8.99. The molecule has 2 aliphatic rings. The zero-order valence-electron chi connectivity index (χ0n) is 14.1. The van der Waals surface area contributed by atoms with Gasteiger partial charge in [0.15, 0.2) is 5.78 Å². The van der Waals surface area contributed by atoms with E-state index in [1.807, 2.05) is 0 Å². The molecule has 0 bridgehead atoms. The van der Waals surface area contributed by atoms with Crippen molar-refractivity contribution in [3.63, 3.8) is 0 Å². The molecule has 0 aliphatic heterocycles. The van der Waals surface area contributed by atoms with Crippen molar-refractivity contribution in [2.45, 2.75) is 50.9 Å². The summed E-state index contributed by atoms with van der Waals surface area (Å²) in [4.78, 5) is 27.3.